The molecule has 0 saturated carbocycles. The summed E-state index contributed by atoms with van der Waals surface area (Å²) in [6.07, 6.45) is -2.07. The minimum Gasteiger partial charge on any atom is -0.445 e. The number of aryl methyl sites for hydroxylation is 1. The first-order valence-electron chi connectivity index (χ1n) is 13.5. The Morgan fingerprint density at radius 2 is 1.95 bits per heavy atom. The molecule has 1 fully saturated rings. The third-order valence-electron chi connectivity index (χ3n) is 6.99. The molecule has 6 rings (SSSR count). The van der Waals surface area contributed by atoms with E-state index in [0.717, 1.165) is 11.6 Å². The molecule has 0 aliphatic carbocycles. The summed E-state index contributed by atoms with van der Waals surface area (Å²) < 4.78 is 50.5. The molecular formula is C28H26F3N9O3. The van der Waals surface area contributed by atoms with Gasteiger partial charge in [0.15, 0.2) is 11.5 Å². The zero-order valence-corrected chi connectivity index (χ0v) is 22.9. The quantitative estimate of drug-likeness (QED) is 0.305. The fourth-order valence-corrected chi connectivity index (χ4v) is 4.80. The fourth-order valence-electron chi connectivity index (χ4n) is 4.80. The van der Waals surface area contributed by atoms with Crippen LogP contribution in [0.1, 0.15) is 18.1 Å². The SMILES string of the molecule is CCn1cc(-c2nc3c4cccc(C(F)(F)F)c4nc(N[C@@H]4CN(C(=O)OCc5ccccc5)CCNC4=O)n3n2)cn1. The third-order valence-corrected chi connectivity index (χ3v) is 6.99. The van der Waals surface area contributed by atoms with Crippen LogP contribution in [-0.2, 0) is 28.9 Å². The predicted molar refractivity (Wildman–Crippen MR) is 149 cm³/mol. The first-order chi connectivity index (χ1) is 20.7. The van der Waals surface area contributed by atoms with Gasteiger partial charge in [-0.25, -0.2) is 14.8 Å². The van der Waals surface area contributed by atoms with Crippen molar-refractivity contribution < 1.29 is 27.5 Å². The Morgan fingerprint density at radius 1 is 1.14 bits per heavy atom. The number of aromatic nitrogens is 6. The summed E-state index contributed by atoms with van der Waals surface area (Å²) >= 11 is 0. The van der Waals surface area contributed by atoms with Crippen molar-refractivity contribution in [2.45, 2.75) is 32.3 Å². The molecule has 1 saturated heterocycles. The van der Waals surface area contributed by atoms with Crippen molar-refractivity contribution in [2.24, 2.45) is 0 Å². The van der Waals surface area contributed by atoms with Crippen molar-refractivity contribution in [3.63, 3.8) is 0 Å². The standard InChI is InChI=1S/C28H26F3N9O3/c1-2-39-14-18(13-33-39)23-36-24-19-9-6-10-20(28(29,30)31)22(19)35-26(40(24)37-23)34-21-15-38(12-11-32-25(21)41)27(42)43-16-17-7-4-3-5-8-17/h3-10,13-14,21H,2,11-12,15-16H2,1H3,(H,32,41)(H,34,35)/t21-/m1/s1. The van der Waals surface area contributed by atoms with Gasteiger partial charge in [-0.15, -0.1) is 5.10 Å². The molecule has 3 aromatic heterocycles. The number of nitrogens with zero attached hydrogens (tertiary/aromatic N) is 7. The molecule has 4 heterocycles. The molecule has 15 heteroatoms. The summed E-state index contributed by atoms with van der Waals surface area (Å²) in [5, 5.41) is 14.5. The molecule has 12 nitrogen and oxygen atoms in total. The summed E-state index contributed by atoms with van der Waals surface area (Å²) in [7, 11) is 0. The lowest BCUT2D eigenvalue weighted by atomic mass is 10.1. The lowest BCUT2D eigenvalue weighted by Gasteiger charge is -2.23. The van der Waals surface area contributed by atoms with Gasteiger partial charge in [0, 0.05) is 31.2 Å². The number of para-hydroxylation sites is 1. The number of hydrogen-bond donors (Lipinski definition) is 2. The van der Waals surface area contributed by atoms with E-state index in [1.165, 1.54) is 21.5 Å². The Labute approximate surface area is 242 Å². The Morgan fingerprint density at radius 3 is 2.70 bits per heavy atom. The van der Waals surface area contributed by atoms with Gasteiger partial charge in [-0.3, -0.25) is 9.48 Å². The van der Waals surface area contributed by atoms with Gasteiger partial charge >= 0.3 is 12.3 Å². The molecule has 2 aromatic carbocycles. The first kappa shape index (κ1) is 27.9. The van der Waals surface area contributed by atoms with Gasteiger partial charge in [-0.1, -0.05) is 36.4 Å². The van der Waals surface area contributed by atoms with Crippen molar-refractivity contribution in [3.8, 4) is 11.4 Å². The number of halogens is 3. The average Bonchev–Trinajstić information content (AvgIpc) is 3.62. The number of nitrogens with one attached hydrogen (secondary N) is 2. The lowest BCUT2D eigenvalue weighted by molar-refractivity contribution is -0.136. The van der Waals surface area contributed by atoms with Gasteiger partial charge in [0.2, 0.25) is 11.9 Å². The summed E-state index contributed by atoms with van der Waals surface area (Å²) in [5.41, 5.74) is 0.128. The van der Waals surface area contributed by atoms with E-state index in [-0.39, 0.29) is 54.6 Å². The number of ether oxygens (including phenoxy) is 1. The van der Waals surface area contributed by atoms with E-state index in [1.807, 2.05) is 37.3 Å². The summed E-state index contributed by atoms with van der Waals surface area (Å²) in [6.45, 7) is 2.74. The van der Waals surface area contributed by atoms with Crippen molar-refractivity contribution in [3.05, 3.63) is 72.1 Å². The summed E-state index contributed by atoms with van der Waals surface area (Å²) in [5.74, 6) is -0.409. The van der Waals surface area contributed by atoms with E-state index in [1.54, 1.807) is 17.1 Å². The topological polar surface area (TPSA) is 132 Å². The van der Waals surface area contributed by atoms with Crippen LogP contribution in [0.4, 0.5) is 23.9 Å². The highest BCUT2D eigenvalue weighted by Crippen LogP contribution is 2.36. The zero-order valence-electron chi connectivity index (χ0n) is 22.9. The van der Waals surface area contributed by atoms with Gasteiger partial charge in [0.1, 0.15) is 12.6 Å². The van der Waals surface area contributed by atoms with Gasteiger partial charge in [0.25, 0.3) is 0 Å². The molecule has 1 aliphatic rings. The highest BCUT2D eigenvalue weighted by molar-refractivity contribution is 5.95. The second-order valence-electron chi connectivity index (χ2n) is 9.86. The zero-order chi connectivity index (χ0) is 30.1. The Kier molecular flexibility index (Phi) is 7.29. The summed E-state index contributed by atoms with van der Waals surface area (Å²) in [6, 6.07) is 11.7. The van der Waals surface area contributed by atoms with Crippen LogP contribution in [0.25, 0.3) is 27.9 Å². The molecule has 0 radical (unpaired) electrons. The van der Waals surface area contributed by atoms with Gasteiger partial charge in [-0.2, -0.15) is 22.8 Å². The third kappa shape index (κ3) is 5.65. The van der Waals surface area contributed by atoms with Crippen LogP contribution in [0.3, 0.4) is 0 Å². The van der Waals surface area contributed by atoms with E-state index < -0.39 is 29.8 Å². The largest absolute Gasteiger partial charge is 0.445 e. The van der Waals surface area contributed by atoms with Crippen molar-refractivity contribution >= 4 is 34.5 Å². The molecule has 2 amide bonds. The smallest absolute Gasteiger partial charge is 0.418 e. The predicted octanol–water partition coefficient (Wildman–Crippen LogP) is 3.73. The van der Waals surface area contributed by atoms with Gasteiger partial charge in [-0.05, 0) is 24.6 Å². The molecule has 1 aliphatic heterocycles. The van der Waals surface area contributed by atoms with E-state index in [4.69, 9.17) is 4.74 Å². The first-order valence-corrected chi connectivity index (χ1v) is 13.5. The van der Waals surface area contributed by atoms with Gasteiger partial charge < -0.3 is 20.3 Å². The fraction of sp³-hybridized carbons (Fsp3) is 0.286. The maximum atomic E-state index is 14.0. The second-order valence-corrected chi connectivity index (χ2v) is 9.86. The molecule has 0 bridgehead atoms. The number of amides is 2. The minimum absolute atomic E-state index is 0.0407. The summed E-state index contributed by atoms with van der Waals surface area (Å²) in [4.78, 5) is 36.1. The van der Waals surface area contributed by atoms with Crippen molar-refractivity contribution in [1.82, 2.24) is 39.6 Å². The Balaban J connectivity index is 1.37. The molecule has 0 unspecified atom stereocenters. The van der Waals surface area contributed by atoms with Crippen LogP contribution in [0.5, 0.6) is 0 Å². The van der Waals surface area contributed by atoms with Crippen LogP contribution in [-0.4, -0.2) is 71.9 Å². The molecule has 1 atom stereocenters. The van der Waals surface area contributed by atoms with Crippen LogP contribution >= 0.6 is 0 Å². The maximum Gasteiger partial charge on any atom is 0.418 e. The minimum atomic E-state index is -4.70. The maximum absolute atomic E-state index is 14.0. The van der Waals surface area contributed by atoms with Crippen LogP contribution < -0.4 is 10.6 Å². The molecule has 43 heavy (non-hydrogen) atoms. The van der Waals surface area contributed by atoms with E-state index in [2.05, 4.69) is 30.8 Å². The Bertz CT molecular complexity index is 1800. The number of benzene rings is 2. The van der Waals surface area contributed by atoms with Crippen LogP contribution in [0.2, 0.25) is 0 Å². The van der Waals surface area contributed by atoms with E-state index in [9.17, 15) is 22.8 Å². The van der Waals surface area contributed by atoms with Gasteiger partial charge in [0.05, 0.1) is 29.4 Å². The van der Waals surface area contributed by atoms with Crippen LogP contribution in [0, 0.1) is 0 Å². The van der Waals surface area contributed by atoms with Crippen molar-refractivity contribution in [1.29, 1.82) is 0 Å². The molecule has 0 spiro atoms. The molecule has 5 aromatic rings. The number of carbonyl (C=O) groups is 2. The number of anilines is 1. The highest BCUT2D eigenvalue weighted by Gasteiger charge is 2.35. The molecule has 222 valence electrons. The average molecular weight is 594 g/mol. The second kappa shape index (κ2) is 11.2. The number of fused-ring (bicyclic) bond motifs is 3. The van der Waals surface area contributed by atoms with Crippen molar-refractivity contribution in [2.75, 3.05) is 25.0 Å². The monoisotopic (exact) mass is 593 g/mol. The van der Waals surface area contributed by atoms with Crippen LogP contribution in [0.15, 0.2) is 60.9 Å². The highest BCUT2D eigenvalue weighted by atomic mass is 19.4. The van der Waals surface area contributed by atoms with E-state index >= 15 is 0 Å². The molecular weight excluding hydrogens is 567 g/mol. The molecule has 2 N–H and O–H groups in total. The number of hydrogen-bond acceptors (Lipinski definition) is 8. The normalized spacial score (nSPS) is 15.9. The van der Waals surface area contributed by atoms with E-state index in [0.29, 0.717) is 12.1 Å². The number of carbonyl (C=O) groups excluding carboxylic acids is 2. The number of alkyl halides is 3. The Hall–Kier alpha value is -5.21. The number of rotatable bonds is 6. The lowest BCUT2D eigenvalue weighted by Crippen LogP contribution is -2.44.